The molecule has 6 fully saturated rings. The van der Waals surface area contributed by atoms with E-state index in [-0.39, 0.29) is 50.8 Å². The third-order valence-electron chi connectivity index (χ3n) is 15.1. The molecule has 34 nitrogen and oxygen atoms in total. The molecule has 6 saturated heterocycles. The zero-order valence-electron chi connectivity index (χ0n) is 45.6. The van der Waals surface area contributed by atoms with Crippen molar-refractivity contribution in [2.45, 2.75) is 96.7 Å². The predicted octanol–water partition coefficient (Wildman–Crippen LogP) is 3.09. The van der Waals surface area contributed by atoms with E-state index in [1.165, 1.54) is 50.9 Å². The zero-order chi connectivity index (χ0) is 64.4. The molecule has 6 aliphatic heterocycles. The van der Waals surface area contributed by atoms with Gasteiger partial charge in [0, 0.05) is 35.7 Å². The quantitative estimate of drug-likeness (QED) is 0.0687. The number of ether oxygens (including phenoxy) is 4. The zero-order valence-corrected chi connectivity index (χ0v) is 53.4. The number of hydrogen-bond acceptors (Lipinski definition) is 29. The number of rotatable bonds is 4. The van der Waals surface area contributed by atoms with Crippen LogP contribution in [0.4, 0.5) is 40.7 Å². The van der Waals surface area contributed by atoms with Crippen LogP contribution in [0.5, 0.6) is 0 Å². The van der Waals surface area contributed by atoms with Gasteiger partial charge in [-0.2, -0.15) is 9.67 Å². The number of nitrogens with one attached hydrogen (secondary N) is 2. The van der Waals surface area contributed by atoms with Crippen LogP contribution in [0.3, 0.4) is 0 Å². The highest BCUT2D eigenvalue weighted by molar-refractivity contribution is 8.44. The smallest absolute Gasteiger partial charge is 0.386 e. The van der Waals surface area contributed by atoms with Crippen molar-refractivity contribution in [1.82, 2.24) is 63.6 Å². The molecule has 490 valence electrons. The highest BCUT2D eigenvalue weighted by Crippen LogP contribution is 2.60. The normalized spacial score (nSPS) is 37.5. The van der Waals surface area contributed by atoms with Crippen LogP contribution < -0.4 is 34.1 Å². The summed E-state index contributed by atoms with van der Waals surface area (Å²) in [5.74, 6) is -0.215. The first kappa shape index (κ1) is 64.9. The second kappa shape index (κ2) is 24.8. The highest BCUT2D eigenvalue weighted by atomic mass is 32.7. The third kappa shape index (κ3) is 12.6. The molecular weight excluding hydrogens is 1400 g/mol. The summed E-state index contributed by atoms with van der Waals surface area (Å²) in [4.78, 5) is 82.9. The number of halogens is 4. The molecule has 0 amide bonds. The van der Waals surface area contributed by atoms with Crippen molar-refractivity contribution in [1.29, 1.82) is 0 Å². The number of aromatic nitrogens is 13. The number of hydrogen-bond donors (Lipinski definition) is 10. The van der Waals surface area contributed by atoms with Gasteiger partial charge in [0.05, 0.1) is 55.5 Å². The largest absolute Gasteiger partial charge is 0.398 e. The maximum Gasteiger partial charge on any atom is 0.386 e. The van der Waals surface area contributed by atoms with Gasteiger partial charge in [-0.3, -0.25) is 37.2 Å². The number of pyridine rings is 3. The molecule has 14 heterocycles. The van der Waals surface area contributed by atoms with Gasteiger partial charge in [0.2, 0.25) is 12.4 Å². The molecule has 0 aliphatic carbocycles. The van der Waals surface area contributed by atoms with Gasteiger partial charge in [0.1, 0.15) is 72.1 Å². The molecule has 14 rings (SSSR count). The van der Waals surface area contributed by atoms with Crippen molar-refractivity contribution in [2.24, 2.45) is 0 Å². The van der Waals surface area contributed by atoms with E-state index in [0.717, 1.165) is 16.4 Å². The molecule has 20 atom stereocenters. The minimum atomic E-state index is -4.43. The fraction of sp³-hybridized carbons (Fsp3) is 0.477. The Kier molecular flexibility index (Phi) is 17.7. The number of thioether (sulfide) groups is 1. The van der Waals surface area contributed by atoms with Crippen LogP contribution in [0.15, 0.2) is 65.1 Å². The van der Waals surface area contributed by atoms with E-state index in [0.29, 0.717) is 16.7 Å². The first-order valence-electron chi connectivity index (χ1n) is 26.6. The van der Waals surface area contributed by atoms with Gasteiger partial charge < -0.3 is 84.3 Å². The average Bonchev–Trinajstić information content (AvgIpc) is 1.72. The number of nitrogens with two attached hydrogens (primary N) is 4. The Morgan fingerprint density at radius 2 is 1.29 bits per heavy atom. The van der Waals surface area contributed by atoms with Gasteiger partial charge in [-0.1, -0.05) is 17.5 Å². The van der Waals surface area contributed by atoms with Gasteiger partial charge in [-0.25, -0.2) is 42.1 Å². The number of aromatic amines is 2. The Morgan fingerprint density at radius 1 is 0.648 bits per heavy atom. The summed E-state index contributed by atoms with van der Waals surface area (Å²) >= 11 is 20.6. The molecule has 4 bridgehead atoms. The Hall–Kier alpha value is -4.75. The second-order valence-corrected chi connectivity index (χ2v) is 34.2. The summed E-state index contributed by atoms with van der Waals surface area (Å²) in [6.45, 7) is -19.1. The molecule has 13 N–H and O–H groups in total. The molecule has 8 aromatic rings. The molecule has 4 unspecified atom stereocenters. The van der Waals surface area contributed by atoms with Crippen molar-refractivity contribution in [3.05, 3.63) is 76.2 Å². The molecule has 0 saturated carbocycles. The molecule has 0 radical (unpaired) electrons. The van der Waals surface area contributed by atoms with Crippen LogP contribution in [0.1, 0.15) is 24.1 Å². The first-order valence-corrected chi connectivity index (χ1v) is 38.3. The van der Waals surface area contributed by atoms with E-state index in [9.17, 15) is 28.8 Å². The molecular formula is C44H49F4N17O17P4S5. The molecule has 91 heavy (non-hydrogen) atoms. The number of H-pyrrole nitrogens is 2. The monoisotopic (exact) mass is 1450 g/mol. The van der Waals surface area contributed by atoms with Crippen molar-refractivity contribution in [3.63, 3.8) is 0 Å². The molecule has 0 spiro atoms. The number of thiol groups is 1. The van der Waals surface area contributed by atoms with Crippen LogP contribution in [0.25, 0.3) is 44.4 Å². The van der Waals surface area contributed by atoms with E-state index in [1.807, 2.05) is 0 Å². The van der Waals surface area contributed by atoms with Crippen molar-refractivity contribution < 1.29 is 87.4 Å². The topological polar surface area (TPSA) is 459 Å². The second-order valence-electron chi connectivity index (χ2n) is 20.9. The Morgan fingerprint density at radius 3 is 2.07 bits per heavy atom. The summed E-state index contributed by atoms with van der Waals surface area (Å²) in [5.41, 5.74) is 23.6. The van der Waals surface area contributed by atoms with Crippen molar-refractivity contribution >= 4 is 154 Å². The third-order valence-corrected chi connectivity index (χ3v) is 23.0. The minimum Gasteiger partial charge on any atom is -0.398 e. The van der Waals surface area contributed by atoms with Crippen LogP contribution in [0, 0.1) is 0 Å². The summed E-state index contributed by atoms with van der Waals surface area (Å²) in [6.07, 6.45) is -16.0. The van der Waals surface area contributed by atoms with E-state index in [1.54, 1.807) is 18.3 Å². The number of imidazole rings is 2. The van der Waals surface area contributed by atoms with Crippen LogP contribution >= 0.6 is 50.7 Å². The van der Waals surface area contributed by atoms with Crippen LogP contribution in [-0.4, -0.2) is 184 Å². The van der Waals surface area contributed by atoms with Gasteiger partial charge in [0.25, 0.3) is 11.1 Å². The maximum atomic E-state index is 16.1. The SMILES string of the molecule is Nc1cc2c(ncn2[C@@H]2O[C@@H]3COP(O)(=S)CO[C@H]4[C@H](F)[C@H](n5ccc6c(N)ccnc65)O[C@@H]4COP(=O)(S)O[C@@H]2[C@@H]3F)c(=O)[nH]1.Nc1nc2c(ncn2[C@@H]2S[C@@H]3COP(O)(=S)O[C@H]4[C@H](F)[C@H](n5nnc6c(N)ccnc65)O[C@@H]4COP(O)(=S)O[C@@H]2[C@H]3F)c(=O)[nH]1. The molecule has 6 aliphatic rings. The Balaban J connectivity index is 0.000000167. The van der Waals surface area contributed by atoms with Crippen LogP contribution in [0.2, 0.25) is 0 Å². The van der Waals surface area contributed by atoms with Crippen LogP contribution in [-0.2, 0) is 90.6 Å². The number of nitrogen functional groups attached to an aromatic ring is 4. The lowest BCUT2D eigenvalue weighted by molar-refractivity contribution is -0.0546. The lowest BCUT2D eigenvalue weighted by Gasteiger charge is -2.27. The minimum absolute atomic E-state index is 0.00305. The predicted molar refractivity (Wildman–Crippen MR) is 327 cm³/mol. The van der Waals surface area contributed by atoms with Gasteiger partial charge in [-0.15, -0.1) is 16.9 Å². The lowest BCUT2D eigenvalue weighted by Crippen LogP contribution is -2.36. The standard InChI is InChI=1S/C24H27F2N7O9P2S2.C20H22F2N10O8P2S3/c25-16-13-6-38-43(35,45)9-37-19-14(41-23(17(19)26)32-4-2-10-11(27)1-3-29-21(10)32)7-39-44(36,46)42-20(16)24(40-13)33-8-30-18-12(33)5-15(28)31-22(18)34;21-9-8-4-37-42(35,44)39-13-7(38-18(10(13)22)32-15-11(29-30-32)6(23)1-2-25-15)3-36-41(34,43)40-14(9)19(45-8)31-5-26-12-16(31)27-20(24)28-17(12)33/h1-5,8,13-14,16-17,19-20,23-24H,6-7,9H2,(H2,27,29)(H,35,45)(H,36,46)(H3,28,31,34);1-2,5,7-10,13-14,18-19H,3-4H2,(H2,23,25)(H,34,43)(H,35,44)(H3,24,27,28,33)/t13-,14-,16-,17+,19-,20-,23-,24-,43?,44?;7-,8-,9+,10+,13-,14-,18-,19-,41?,42?/m11/s1. The van der Waals surface area contributed by atoms with E-state index < -0.39 is 167 Å². The number of alkyl halides is 4. The number of nitrogens with zero attached hydrogens (tertiary/aromatic N) is 11. The van der Waals surface area contributed by atoms with Crippen molar-refractivity contribution in [2.75, 3.05) is 55.7 Å². The summed E-state index contributed by atoms with van der Waals surface area (Å²) in [7, 11) is 0. The summed E-state index contributed by atoms with van der Waals surface area (Å²) in [5, 5.41) is 6.29. The van der Waals surface area contributed by atoms with Gasteiger partial charge in [0.15, 0.2) is 65.0 Å². The average molecular weight is 1450 g/mol. The molecule has 0 aromatic carbocycles. The van der Waals surface area contributed by atoms with Crippen molar-refractivity contribution in [3.8, 4) is 0 Å². The molecule has 47 heteroatoms. The molecule has 8 aromatic heterocycles. The summed E-state index contributed by atoms with van der Waals surface area (Å²) in [6, 6.07) is 6.11. The van der Waals surface area contributed by atoms with E-state index in [2.05, 4.69) is 57.4 Å². The van der Waals surface area contributed by atoms with Gasteiger partial charge >= 0.3 is 20.2 Å². The Labute approximate surface area is 530 Å². The Bertz CT molecular complexity index is 4470. The van der Waals surface area contributed by atoms with E-state index in [4.69, 9.17) is 109 Å². The highest BCUT2D eigenvalue weighted by Gasteiger charge is 2.56. The first-order chi connectivity index (χ1) is 43.1. The number of fused-ring (bicyclic) bond motifs is 10. The number of anilines is 4. The lowest BCUT2D eigenvalue weighted by atomic mass is 10.1. The fourth-order valence-corrected chi connectivity index (χ4v) is 18.0. The fourth-order valence-electron chi connectivity index (χ4n) is 10.9. The maximum absolute atomic E-state index is 16.1. The van der Waals surface area contributed by atoms with E-state index >= 15 is 17.6 Å². The van der Waals surface area contributed by atoms with Gasteiger partial charge in [-0.05, 0) is 53.6 Å². The summed E-state index contributed by atoms with van der Waals surface area (Å²) < 4.78 is 145.